The molecule has 0 fully saturated rings. The van der Waals surface area contributed by atoms with Gasteiger partial charge in [0.25, 0.3) is 0 Å². The van der Waals surface area contributed by atoms with Gasteiger partial charge in [-0.15, -0.1) is 11.3 Å². The van der Waals surface area contributed by atoms with E-state index in [0.717, 1.165) is 24.5 Å². The molecule has 0 saturated heterocycles. The zero-order chi connectivity index (χ0) is 19.2. The van der Waals surface area contributed by atoms with E-state index in [4.69, 9.17) is 9.47 Å². The van der Waals surface area contributed by atoms with Crippen LogP contribution in [0, 0.1) is 13.8 Å². The lowest BCUT2D eigenvalue weighted by Gasteiger charge is -1.97. The van der Waals surface area contributed by atoms with E-state index >= 15 is 0 Å². The van der Waals surface area contributed by atoms with Crippen molar-refractivity contribution in [3.63, 3.8) is 0 Å². The second-order valence-electron chi connectivity index (χ2n) is 5.64. The van der Waals surface area contributed by atoms with Crippen LogP contribution in [0.2, 0.25) is 0 Å². The van der Waals surface area contributed by atoms with E-state index in [1.807, 2.05) is 48.7 Å². The van der Waals surface area contributed by atoms with Gasteiger partial charge in [-0.05, 0) is 56.7 Å². The third-order valence-electron chi connectivity index (χ3n) is 3.32. The molecule has 0 unspecified atom stereocenters. The van der Waals surface area contributed by atoms with Gasteiger partial charge in [-0.1, -0.05) is 30.7 Å². The van der Waals surface area contributed by atoms with Crippen LogP contribution in [0.15, 0.2) is 60.8 Å². The van der Waals surface area contributed by atoms with Crippen molar-refractivity contribution in [1.82, 2.24) is 4.98 Å². The van der Waals surface area contributed by atoms with Crippen molar-refractivity contribution in [2.75, 3.05) is 20.8 Å². The van der Waals surface area contributed by atoms with Crippen LogP contribution in [0.3, 0.4) is 0 Å². The largest absolute Gasteiger partial charge is 0.497 e. The maximum atomic E-state index is 4.97. The first-order chi connectivity index (χ1) is 12.6. The molecule has 3 nitrogen and oxygen atoms in total. The number of methoxy groups -OCH3 is 2. The molecule has 1 aromatic carbocycles. The molecule has 0 aliphatic heterocycles. The predicted molar refractivity (Wildman–Crippen MR) is 112 cm³/mol. The summed E-state index contributed by atoms with van der Waals surface area (Å²) in [7, 11) is 3.38. The number of aryl methyl sites for hydroxylation is 2. The van der Waals surface area contributed by atoms with Crippen molar-refractivity contribution in [3.05, 3.63) is 71.2 Å². The lowest BCUT2D eigenvalue weighted by molar-refractivity contribution is 0.199. The Morgan fingerprint density at radius 2 is 1.65 bits per heavy atom. The normalized spacial score (nSPS) is 9.42. The van der Waals surface area contributed by atoms with E-state index < -0.39 is 0 Å². The monoisotopic (exact) mass is 371 g/mol. The van der Waals surface area contributed by atoms with Crippen LogP contribution in [0.1, 0.15) is 23.8 Å². The highest BCUT2D eigenvalue weighted by Gasteiger charge is 1.99. The summed E-state index contributed by atoms with van der Waals surface area (Å²) >= 11 is 1.78. The number of hydrogen-bond donors (Lipinski definition) is 0. The summed E-state index contributed by atoms with van der Waals surface area (Å²) in [5, 5.41) is 0. The summed E-state index contributed by atoms with van der Waals surface area (Å²) in [6, 6.07) is 18.2. The lowest BCUT2D eigenvalue weighted by Crippen LogP contribution is -1.80. The number of aromatic nitrogens is 1. The quantitative estimate of drug-likeness (QED) is 0.550. The maximum Gasteiger partial charge on any atom is 0.118 e. The molecule has 0 aliphatic carbocycles. The second-order valence-corrected chi connectivity index (χ2v) is 6.92. The molecule has 4 heteroatoms. The fraction of sp³-hybridized carbons (Fsp3) is 0.318. The third kappa shape index (κ3) is 8.79. The molecule has 0 saturated carbocycles. The number of rotatable bonds is 4. The molecule has 26 heavy (non-hydrogen) atoms. The molecule has 140 valence electrons. The fourth-order valence-electron chi connectivity index (χ4n) is 1.96. The van der Waals surface area contributed by atoms with Gasteiger partial charge >= 0.3 is 0 Å². The first-order valence-electron chi connectivity index (χ1n) is 8.68. The van der Waals surface area contributed by atoms with Crippen molar-refractivity contribution in [3.8, 4) is 16.3 Å². The van der Waals surface area contributed by atoms with Crippen molar-refractivity contribution >= 4 is 11.3 Å². The molecule has 3 rings (SSSR count). The number of thiophene rings is 1. The molecular weight excluding hydrogens is 342 g/mol. The predicted octanol–water partition coefficient (Wildman–Crippen LogP) is 6.16. The van der Waals surface area contributed by atoms with Crippen LogP contribution in [0.25, 0.3) is 10.6 Å². The van der Waals surface area contributed by atoms with Crippen LogP contribution in [0.4, 0.5) is 0 Å². The summed E-state index contributed by atoms with van der Waals surface area (Å²) in [6.45, 7) is 7.14. The van der Waals surface area contributed by atoms with E-state index in [1.54, 1.807) is 25.6 Å². The van der Waals surface area contributed by atoms with Crippen LogP contribution in [-0.4, -0.2) is 25.8 Å². The summed E-state index contributed by atoms with van der Waals surface area (Å²) < 4.78 is 9.66. The van der Waals surface area contributed by atoms with E-state index in [1.165, 1.54) is 15.3 Å². The highest BCUT2D eigenvalue weighted by Crippen LogP contribution is 2.25. The molecule has 2 heterocycles. The fourth-order valence-corrected chi connectivity index (χ4v) is 2.80. The summed E-state index contributed by atoms with van der Waals surface area (Å²) in [4.78, 5) is 6.85. The average molecular weight is 372 g/mol. The van der Waals surface area contributed by atoms with E-state index in [9.17, 15) is 0 Å². The van der Waals surface area contributed by atoms with Gasteiger partial charge in [0.05, 0.1) is 17.7 Å². The first-order valence-corrected chi connectivity index (χ1v) is 9.49. The summed E-state index contributed by atoms with van der Waals surface area (Å²) in [5.74, 6) is 0.917. The molecule has 0 atom stereocenters. The molecule has 0 aliphatic rings. The highest BCUT2D eigenvalue weighted by atomic mass is 32.1. The number of pyridine rings is 1. The number of nitrogens with zero attached hydrogens (tertiary/aromatic N) is 1. The lowest BCUT2D eigenvalue weighted by atomic mass is 10.2. The Labute approximate surface area is 161 Å². The SMILES string of the molecule is CCCOC.COc1ccc(C)cc1.Cc1ccc(-c2ccccn2)s1. The number of benzene rings is 1. The van der Waals surface area contributed by atoms with Gasteiger partial charge in [-0.2, -0.15) is 0 Å². The molecule has 0 bridgehead atoms. The highest BCUT2D eigenvalue weighted by molar-refractivity contribution is 7.15. The van der Waals surface area contributed by atoms with Gasteiger partial charge in [0.2, 0.25) is 0 Å². The zero-order valence-electron chi connectivity index (χ0n) is 16.4. The molecule has 0 N–H and O–H groups in total. The van der Waals surface area contributed by atoms with E-state index in [2.05, 4.69) is 37.9 Å². The van der Waals surface area contributed by atoms with Crippen LogP contribution in [0.5, 0.6) is 5.75 Å². The van der Waals surface area contributed by atoms with Crippen LogP contribution < -0.4 is 4.74 Å². The first kappa shape index (κ1) is 21.9. The van der Waals surface area contributed by atoms with Crippen LogP contribution >= 0.6 is 11.3 Å². The maximum absolute atomic E-state index is 4.97. The van der Waals surface area contributed by atoms with Gasteiger partial charge in [0.15, 0.2) is 0 Å². The molecular formula is C22H29NO2S. The van der Waals surface area contributed by atoms with Crippen molar-refractivity contribution in [2.45, 2.75) is 27.2 Å². The minimum Gasteiger partial charge on any atom is -0.497 e. The van der Waals surface area contributed by atoms with Crippen molar-refractivity contribution in [2.24, 2.45) is 0 Å². The summed E-state index contributed by atoms with van der Waals surface area (Å²) in [5.41, 5.74) is 2.33. The Hall–Kier alpha value is -2.17. The standard InChI is InChI=1S/C10H9NS.C8H10O.C4H10O/c1-8-5-6-10(12-8)9-4-2-3-7-11-9;1-7-3-5-8(9-2)6-4-7;1-3-4-5-2/h2-7H,1H3;3-6H,1-2H3;3-4H2,1-2H3. The van der Waals surface area contributed by atoms with Gasteiger partial charge in [0.1, 0.15) is 5.75 Å². The van der Waals surface area contributed by atoms with Crippen molar-refractivity contribution in [1.29, 1.82) is 0 Å². The van der Waals surface area contributed by atoms with Crippen molar-refractivity contribution < 1.29 is 9.47 Å². The Morgan fingerprint density at radius 1 is 0.923 bits per heavy atom. The number of ether oxygens (including phenoxy) is 2. The Bertz CT molecular complexity index is 707. The molecule has 0 radical (unpaired) electrons. The Kier molecular flexibility index (Phi) is 11.0. The molecule has 2 aromatic heterocycles. The van der Waals surface area contributed by atoms with Gasteiger partial charge in [0, 0.05) is 24.8 Å². The minimum atomic E-state index is 0.889. The van der Waals surface area contributed by atoms with Gasteiger partial charge < -0.3 is 9.47 Å². The molecule has 0 spiro atoms. The average Bonchev–Trinajstić information content (AvgIpc) is 3.11. The van der Waals surface area contributed by atoms with E-state index in [-0.39, 0.29) is 0 Å². The summed E-state index contributed by atoms with van der Waals surface area (Å²) in [6.07, 6.45) is 2.95. The Balaban J connectivity index is 0.000000214. The van der Waals surface area contributed by atoms with Crippen LogP contribution in [-0.2, 0) is 4.74 Å². The Morgan fingerprint density at radius 3 is 2.08 bits per heavy atom. The number of hydrogen-bond acceptors (Lipinski definition) is 4. The zero-order valence-corrected chi connectivity index (χ0v) is 17.2. The van der Waals surface area contributed by atoms with Gasteiger partial charge in [-0.25, -0.2) is 0 Å². The molecule has 3 aromatic rings. The smallest absolute Gasteiger partial charge is 0.118 e. The molecule has 0 amide bonds. The third-order valence-corrected chi connectivity index (χ3v) is 4.35. The van der Waals surface area contributed by atoms with Gasteiger partial charge in [-0.3, -0.25) is 4.98 Å². The topological polar surface area (TPSA) is 31.4 Å². The van der Waals surface area contributed by atoms with E-state index in [0.29, 0.717) is 0 Å². The second kappa shape index (κ2) is 13.1. The minimum absolute atomic E-state index is 0.889.